The van der Waals surface area contributed by atoms with Crippen LogP contribution in [0.3, 0.4) is 0 Å². The highest BCUT2D eigenvalue weighted by Gasteiger charge is 2.38. The van der Waals surface area contributed by atoms with Crippen molar-refractivity contribution in [2.45, 2.75) is 57.1 Å². The Morgan fingerprint density at radius 3 is 2.44 bits per heavy atom. The largest absolute Gasteiger partial charge is 0.496 e. The predicted octanol–water partition coefficient (Wildman–Crippen LogP) is 5.86. The molecule has 3 N–H and O–H groups in total. The molecule has 1 aliphatic rings. The maximum atomic E-state index is 14.6. The van der Waals surface area contributed by atoms with E-state index < -0.39 is 18.1 Å². The number of aromatic nitrogens is 2. The van der Waals surface area contributed by atoms with Crippen molar-refractivity contribution in [2.75, 3.05) is 39.0 Å². The fourth-order valence-corrected chi connectivity index (χ4v) is 5.13. The molecular weight excluding hydrogens is 466 g/mol. The first kappa shape index (κ1) is 26.0. The van der Waals surface area contributed by atoms with Crippen molar-refractivity contribution in [3.8, 4) is 5.75 Å². The summed E-state index contributed by atoms with van der Waals surface area (Å²) in [6.07, 6.45) is 3.96. The van der Waals surface area contributed by atoms with Crippen LogP contribution in [0, 0.1) is 6.92 Å². The van der Waals surface area contributed by atoms with E-state index >= 15 is 0 Å². The Balaban J connectivity index is 1.77. The van der Waals surface area contributed by atoms with Crippen molar-refractivity contribution >= 4 is 22.4 Å². The lowest BCUT2D eigenvalue weighted by Gasteiger charge is -2.30. The fraction of sp³-hybridized carbons (Fsp3) is 0.481. The minimum Gasteiger partial charge on any atom is -0.496 e. The average molecular weight is 501 g/mol. The van der Waals surface area contributed by atoms with Crippen LogP contribution in [-0.4, -0.2) is 37.9 Å². The zero-order valence-electron chi connectivity index (χ0n) is 21.5. The molecule has 7 nitrogen and oxygen atoms in total. The van der Waals surface area contributed by atoms with Gasteiger partial charge in [0.15, 0.2) is 0 Å². The molecule has 0 saturated heterocycles. The highest BCUT2D eigenvalue weighted by molar-refractivity contribution is 5.91. The van der Waals surface area contributed by atoms with Crippen molar-refractivity contribution in [1.29, 1.82) is 0 Å². The number of benzene rings is 2. The molecule has 194 valence electrons. The zero-order chi connectivity index (χ0) is 26.1. The number of anilines is 2. The number of nitrogens with two attached hydrogens (primary N) is 1. The quantitative estimate of drug-likeness (QED) is 0.356. The average Bonchev–Trinajstić information content (AvgIpc) is 3.33. The fourth-order valence-electron chi connectivity index (χ4n) is 5.13. The molecule has 9 heteroatoms. The van der Waals surface area contributed by atoms with Crippen LogP contribution in [0.1, 0.15) is 61.2 Å². The van der Waals surface area contributed by atoms with E-state index in [0.717, 1.165) is 47.9 Å². The Morgan fingerprint density at radius 1 is 1.08 bits per heavy atom. The maximum Gasteiger partial charge on any atom is 0.296 e. The number of nitrogens with one attached hydrogen (secondary N) is 1. The molecule has 0 spiro atoms. The molecule has 1 aromatic heterocycles. The highest BCUT2D eigenvalue weighted by atomic mass is 19.3. The van der Waals surface area contributed by atoms with E-state index in [4.69, 9.17) is 19.9 Å². The molecular formula is C27H34F2N4O3. The molecule has 0 bridgehead atoms. The van der Waals surface area contributed by atoms with Crippen molar-refractivity contribution in [1.82, 2.24) is 9.97 Å². The van der Waals surface area contributed by atoms with Crippen molar-refractivity contribution < 1.29 is 23.0 Å². The van der Waals surface area contributed by atoms with E-state index in [9.17, 15) is 8.78 Å². The topological polar surface area (TPSA) is 91.5 Å². The molecule has 1 atom stereocenters. The smallest absolute Gasteiger partial charge is 0.296 e. The third-order valence-corrected chi connectivity index (χ3v) is 7.00. The summed E-state index contributed by atoms with van der Waals surface area (Å²) in [5.41, 5.74) is 7.94. The summed E-state index contributed by atoms with van der Waals surface area (Å²) in [5, 5.41) is 4.21. The minimum atomic E-state index is -3.15. The Bertz CT molecular complexity index is 1250. The molecule has 1 aliphatic carbocycles. The van der Waals surface area contributed by atoms with Gasteiger partial charge in [0, 0.05) is 42.5 Å². The molecule has 0 radical (unpaired) electrons. The lowest BCUT2D eigenvalue weighted by molar-refractivity contribution is -0.0698. The standard InChI is InChI=1S/C27H34F2N4O3/c1-16(18-10-19(12-20(30)11-18)27(28,29)15-34-3)31-25-21-13-22(26(36-5)8-6-7-9-26)24(35-4)14-23(21)32-17(2)33-25/h10-14,16H,6-9,15,30H2,1-5H3,(H,31,32,33)/t16-/m1/s1. The summed E-state index contributed by atoms with van der Waals surface area (Å²) >= 11 is 0. The van der Waals surface area contributed by atoms with Gasteiger partial charge in [-0.05, 0) is 56.5 Å². The van der Waals surface area contributed by atoms with Crippen LogP contribution in [-0.2, 0) is 21.0 Å². The van der Waals surface area contributed by atoms with E-state index in [0.29, 0.717) is 17.2 Å². The van der Waals surface area contributed by atoms with Gasteiger partial charge in [-0.1, -0.05) is 12.8 Å². The molecule has 36 heavy (non-hydrogen) atoms. The number of hydrogen-bond donors (Lipinski definition) is 2. The number of hydrogen-bond acceptors (Lipinski definition) is 7. The van der Waals surface area contributed by atoms with Crippen LogP contribution in [0.15, 0.2) is 30.3 Å². The van der Waals surface area contributed by atoms with Gasteiger partial charge in [0.25, 0.3) is 5.92 Å². The van der Waals surface area contributed by atoms with Crippen LogP contribution >= 0.6 is 0 Å². The summed E-state index contributed by atoms with van der Waals surface area (Å²) in [7, 11) is 4.63. The summed E-state index contributed by atoms with van der Waals surface area (Å²) < 4.78 is 45.6. The number of alkyl halides is 2. The van der Waals surface area contributed by atoms with Crippen molar-refractivity contribution in [3.05, 3.63) is 52.8 Å². The number of fused-ring (bicyclic) bond motifs is 1. The SMILES string of the molecule is COCC(F)(F)c1cc(N)cc([C@@H](C)Nc2nc(C)nc3cc(OC)c(C4(OC)CCCC4)cc23)c1. The second-order valence-electron chi connectivity index (χ2n) is 9.49. The van der Waals surface area contributed by atoms with E-state index in [1.807, 2.05) is 26.0 Å². The number of rotatable bonds is 9. The third kappa shape index (κ3) is 4.95. The third-order valence-electron chi connectivity index (χ3n) is 7.00. The van der Waals surface area contributed by atoms with Crippen LogP contribution in [0.4, 0.5) is 20.3 Å². The number of nitrogens with zero attached hydrogens (tertiary/aromatic N) is 2. The molecule has 1 heterocycles. The lowest BCUT2D eigenvalue weighted by atomic mass is 9.89. The molecule has 0 amide bonds. The minimum absolute atomic E-state index is 0.188. The zero-order valence-corrected chi connectivity index (χ0v) is 21.5. The van der Waals surface area contributed by atoms with Crippen LogP contribution in [0.2, 0.25) is 0 Å². The summed E-state index contributed by atoms with van der Waals surface area (Å²) in [6.45, 7) is 2.97. The number of ether oxygens (including phenoxy) is 3. The van der Waals surface area contributed by atoms with Gasteiger partial charge in [0.1, 0.15) is 24.0 Å². The number of aryl methyl sites for hydroxylation is 1. The van der Waals surface area contributed by atoms with Gasteiger partial charge >= 0.3 is 0 Å². The van der Waals surface area contributed by atoms with Crippen LogP contribution in [0.5, 0.6) is 5.75 Å². The van der Waals surface area contributed by atoms with Crippen LogP contribution < -0.4 is 15.8 Å². The number of nitrogen functional groups attached to an aromatic ring is 1. The van der Waals surface area contributed by atoms with Crippen molar-refractivity contribution in [3.63, 3.8) is 0 Å². The van der Waals surface area contributed by atoms with Gasteiger partial charge in [-0.3, -0.25) is 0 Å². The Labute approximate surface area is 210 Å². The first-order valence-corrected chi connectivity index (χ1v) is 12.1. The molecule has 1 fully saturated rings. The van der Waals surface area contributed by atoms with Gasteiger partial charge in [-0.15, -0.1) is 0 Å². The van der Waals surface area contributed by atoms with Crippen molar-refractivity contribution in [2.24, 2.45) is 0 Å². The van der Waals surface area contributed by atoms with Crippen LogP contribution in [0.25, 0.3) is 10.9 Å². The molecule has 3 aromatic rings. The van der Waals surface area contributed by atoms with Gasteiger partial charge < -0.3 is 25.3 Å². The first-order chi connectivity index (χ1) is 17.1. The Hall–Kier alpha value is -3.04. The second-order valence-corrected chi connectivity index (χ2v) is 9.49. The van der Waals surface area contributed by atoms with Gasteiger partial charge in [0.05, 0.1) is 24.3 Å². The monoisotopic (exact) mass is 500 g/mol. The molecule has 4 rings (SSSR count). The Morgan fingerprint density at radius 2 is 1.81 bits per heavy atom. The number of halogens is 2. The van der Waals surface area contributed by atoms with Gasteiger partial charge in [-0.2, -0.15) is 8.78 Å². The Kier molecular flexibility index (Phi) is 7.33. The molecule has 0 aliphatic heterocycles. The molecule has 1 saturated carbocycles. The van der Waals surface area contributed by atoms with Gasteiger partial charge in [0.2, 0.25) is 0 Å². The predicted molar refractivity (Wildman–Crippen MR) is 137 cm³/mol. The normalized spacial score (nSPS) is 16.3. The molecule has 0 unspecified atom stereocenters. The summed E-state index contributed by atoms with van der Waals surface area (Å²) in [6, 6.07) is 8.01. The first-order valence-electron chi connectivity index (χ1n) is 12.1. The van der Waals surface area contributed by atoms with Gasteiger partial charge in [-0.25, -0.2) is 9.97 Å². The molecule has 2 aromatic carbocycles. The number of methoxy groups -OCH3 is 3. The second kappa shape index (κ2) is 10.1. The van der Waals surface area contributed by atoms with E-state index in [-0.39, 0.29) is 17.3 Å². The lowest BCUT2D eigenvalue weighted by Crippen LogP contribution is -2.25. The summed E-state index contributed by atoms with van der Waals surface area (Å²) in [5.74, 6) is -1.25. The maximum absolute atomic E-state index is 14.6. The van der Waals surface area contributed by atoms with E-state index in [1.165, 1.54) is 19.2 Å². The van der Waals surface area contributed by atoms with E-state index in [1.54, 1.807) is 20.3 Å². The van der Waals surface area contributed by atoms with E-state index in [2.05, 4.69) is 15.3 Å². The highest BCUT2D eigenvalue weighted by Crippen LogP contribution is 2.47. The summed E-state index contributed by atoms with van der Waals surface area (Å²) in [4.78, 5) is 9.28.